The zero-order chi connectivity index (χ0) is 19.4. The summed E-state index contributed by atoms with van der Waals surface area (Å²) < 4.78 is 11.4. The van der Waals surface area contributed by atoms with Gasteiger partial charge in [-0.2, -0.15) is 0 Å². The van der Waals surface area contributed by atoms with Gasteiger partial charge >= 0.3 is 6.09 Å². The van der Waals surface area contributed by atoms with Gasteiger partial charge in [0.1, 0.15) is 23.1 Å². The molecule has 1 aliphatic rings. The van der Waals surface area contributed by atoms with E-state index < -0.39 is 5.60 Å². The summed E-state index contributed by atoms with van der Waals surface area (Å²) in [7, 11) is 0. The van der Waals surface area contributed by atoms with E-state index >= 15 is 0 Å². The van der Waals surface area contributed by atoms with Gasteiger partial charge in [-0.15, -0.1) is 0 Å². The summed E-state index contributed by atoms with van der Waals surface area (Å²) in [5.74, 6) is 0.634. The van der Waals surface area contributed by atoms with Crippen LogP contribution in [0.4, 0.5) is 4.79 Å². The standard InChI is InChI=1S/C21H25ClN2O3/c1-21(2,3)27-20(25)24-11-7-10-16(24)14-26-17-12-18(19(22)23-13-17)15-8-5-4-6-9-15/h4-6,8-9,12-13,16H,7,10-11,14H2,1-3H3/t16-/m1/s1. The number of carbonyl (C=O) groups excluding carboxylic acids is 1. The van der Waals surface area contributed by atoms with Crippen molar-refractivity contribution in [3.8, 4) is 16.9 Å². The number of hydrogen-bond acceptors (Lipinski definition) is 4. The Labute approximate surface area is 165 Å². The van der Waals surface area contributed by atoms with Gasteiger partial charge in [-0.1, -0.05) is 41.9 Å². The monoisotopic (exact) mass is 388 g/mol. The van der Waals surface area contributed by atoms with Gasteiger partial charge in [0.05, 0.1) is 12.2 Å². The first-order valence-electron chi connectivity index (χ1n) is 9.17. The largest absolute Gasteiger partial charge is 0.490 e. The molecule has 0 bridgehead atoms. The first kappa shape index (κ1) is 19.5. The molecule has 1 aliphatic heterocycles. The molecule has 0 radical (unpaired) electrons. The molecule has 6 heteroatoms. The summed E-state index contributed by atoms with van der Waals surface area (Å²) in [5, 5.41) is 0.435. The maximum atomic E-state index is 12.4. The third kappa shape index (κ3) is 5.13. The fourth-order valence-electron chi connectivity index (χ4n) is 3.09. The van der Waals surface area contributed by atoms with Crippen LogP contribution in [0.3, 0.4) is 0 Å². The SMILES string of the molecule is CC(C)(C)OC(=O)N1CCC[C@@H]1COc1cnc(Cl)c(-c2ccccc2)c1. The highest BCUT2D eigenvalue weighted by Crippen LogP contribution is 2.30. The lowest BCUT2D eigenvalue weighted by molar-refractivity contribution is 0.0187. The Balaban J connectivity index is 1.67. The van der Waals surface area contributed by atoms with Crippen LogP contribution in [0.15, 0.2) is 42.6 Å². The van der Waals surface area contributed by atoms with E-state index in [9.17, 15) is 4.79 Å². The molecule has 144 valence electrons. The molecule has 1 saturated heterocycles. The minimum absolute atomic E-state index is 0.00398. The van der Waals surface area contributed by atoms with Crippen molar-refractivity contribution in [2.24, 2.45) is 0 Å². The molecule has 27 heavy (non-hydrogen) atoms. The Hall–Kier alpha value is -2.27. The third-order valence-corrected chi connectivity index (χ3v) is 4.65. The van der Waals surface area contributed by atoms with Crippen molar-refractivity contribution in [2.45, 2.75) is 45.3 Å². The van der Waals surface area contributed by atoms with Crippen molar-refractivity contribution in [3.05, 3.63) is 47.7 Å². The van der Waals surface area contributed by atoms with Crippen LogP contribution in [-0.4, -0.2) is 40.8 Å². The van der Waals surface area contributed by atoms with Crippen molar-refractivity contribution in [2.75, 3.05) is 13.2 Å². The first-order chi connectivity index (χ1) is 12.8. The normalized spacial score (nSPS) is 17.0. The summed E-state index contributed by atoms with van der Waals surface area (Å²) in [4.78, 5) is 18.4. The van der Waals surface area contributed by atoms with E-state index in [2.05, 4.69) is 4.98 Å². The van der Waals surface area contributed by atoms with Crippen molar-refractivity contribution in [3.63, 3.8) is 0 Å². The van der Waals surface area contributed by atoms with Crippen LogP contribution >= 0.6 is 11.6 Å². The van der Waals surface area contributed by atoms with E-state index in [0.29, 0.717) is 24.1 Å². The summed E-state index contributed by atoms with van der Waals surface area (Å²) in [5.41, 5.74) is 1.30. The van der Waals surface area contributed by atoms with Crippen LogP contribution < -0.4 is 4.74 Å². The van der Waals surface area contributed by atoms with Crippen molar-refractivity contribution < 1.29 is 14.3 Å². The number of carbonyl (C=O) groups is 1. The van der Waals surface area contributed by atoms with Crippen molar-refractivity contribution >= 4 is 17.7 Å². The number of amides is 1. The van der Waals surface area contributed by atoms with Crippen LogP contribution in [0.5, 0.6) is 5.75 Å². The van der Waals surface area contributed by atoms with Gasteiger partial charge in [0.2, 0.25) is 0 Å². The van der Waals surface area contributed by atoms with Crippen LogP contribution in [-0.2, 0) is 4.74 Å². The van der Waals surface area contributed by atoms with Gasteiger partial charge < -0.3 is 14.4 Å². The highest BCUT2D eigenvalue weighted by atomic mass is 35.5. The van der Waals surface area contributed by atoms with E-state index in [4.69, 9.17) is 21.1 Å². The summed E-state index contributed by atoms with van der Waals surface area (Å²) in [6, 6.07) is 11.7. The molecule has 0 saturated carbocycles. The molecule has 2 aromatic rings. The lowest BCUT2D eigenvalue weighted by Crippen LogP contribution is -2.42. The molecular weight excluding hydrogens is 364 g/mol. The van der Waals surface area contributed by atoms with Crippen LogP contribution in [0.2, 0.25) is 5.15 Å². The Kier molecular flexibility index (Phi) is 5.90. The minimum atomic E-state index is -0.504. The second-order valence-corrected chi connectivity index (χ2v) is 8.01. The minimum Gasteiger partial charge on any atom is -0.490 e. The number of benzene rings is 1. The molecule has 5 nitrogen and oxygen atoms in total. The Bertz CT molecular complexity index is 790. The predicted octanol–water partition coefficient (Wildman–Crippen LogP) is 5.18. The van der Waals surface area contributed by atoms with E-state index in [0.717, 1.165) is 24.0 Å². The quantitative estimate of drug-likeness (QED) is 0.677. The molecular formula is C21H25ClN2O3. The fourth-order valence-corrected chi connectivity index (χ4v) is 3.30. The second-order valence-electron chi connectivity index (χ2n) is 7.66. The van der Waals surface area contributed by atoms with Crippen LogP contribution in [0, 0.1) is 0 Å². The average Bonchev–Trinajstić information content (AvgIpc) is 3.09. The summed E-state index contributed by atoms with van der Waals surface area (Å²) >= 11 is 6.25. The number of ether oxygens (including phenoxy) is 2. The smallest absolute Gasteiger partial charge is 0.410 e. The van der Waals surface area contributed by atoms with Crippen molar-refractivity contribution in [1.29, 1.82) is 0 Å². The molecule has 3 rings (SSSR count). The third-order valence-electron chi connectivity index (χ3n) is 4.35. The molecule has 1 aromatic heterocycles. The number of nitrogens with zero attached hydrogens (tertiary/aromatic N) is 2. The Morgan fingerprint density at radius 2 is 2.04 bits per heavy atom. The van der Waals surface area contributed by atoms with Gasteiger partial charge in [-0.05, 0) is 45.2 Å². The molecule has 1 aromatic carbocycles. The molecule has 1 amide bonds. The molecule has 0 N–H and O–H groups in total. The maximum Gasteiger partial charge on any atom is 0.410 e. The van der Waals surface area contributed by atoms with E-state index in [1.54, 1.807) is 11.1 Å². The molecule has 1 atom stereocenters. The highest BCUT2D eigenvalue weighted by Gasteiger charge is 2.32. The zero-order valence-corrected chi connectivity index (χ0v) is 16.7. The lowest BCUT2D eigenvalue weighted by atomic mass is 10.1. The number of pyridine rings is 1. The zero-order valence-electron chi connectivity index (χ0n) is 15.9. The number of aromatic nitrogens is 1. The Morgan fingerprint density at radius 1 is 1.30 bits per heavy atom. The van der Waals surface area contributed by atoms with Gasteiger partial charge in [0.25, 0.3) is 0 Å². The molecule has 0 aliphatic carbocycles. The van der Waals surface area contributed by atoms with Crippen LogP contribution in [0.25, 0.3) is 11.1 Å². The maximum absolute atomic E-state index is 12.4. The predicted molar refractivity (Wildman–Crippen MR) is 106 cm³/mol. The van der Waals surface area contributed by atoms with Crippen LogP contribution in [0.1, 0.15) is 33.6 Å². The van der Waals surface area contributed by atoms with Gasteiger partial charge in [-0.25, -0.2) is 9.78 Å². The number of hydrogen-bond donors (Lipinski definition) is 0. The Morgan fingerprint density at radius 3 is 2.74 bits per heavy atom. The van der Waals surface area contributed by atoms with Gasteiger partial charge in [0.15, 0.2) is 0 Å². The fraction of sp³-hybridized carbons (Fsp3) is 0.429. The number of halogens is 1. The number of rotatable bonds is 4. The van der Waals surface area contributed by atoms with Gasteiger partial charge in [0, 0.05) is 12.1 Å². The van der Waals surface area contributed by atoms with E-state index in [1.165, 1.54) is 0 Å². The summed E-state index contributed by atoms with van der Waals surface area (Å²) in [6.07, 6.45) is 3.17. The van der Waals surface area contributed by atoms with E-state index in [1.807, 2.05) is 57.2 Å². The van der Waals surface area contributed by atoms with Crippen molar-refractivity contribution in [1.82, 2.24) is 9.88 Å². The highest BCUT2D eigenvalue weighted by molar-refractivity contribution is 6.32. The lowest BCUT2D eigenvalue weighted by Gasteiger charge is -2.28. The molecule has 0 unspecified atom stereocenters. The molecule has 0 spiro atoms. The van der Waals surface area contributed by atoms with Gasteiger partial charge in [-0.3, -0.25) is 0 Å². The second kappa shape index (κ2) is 8.17. The van der Waals surface area contributed by atoms with E-state index in [-0.39, 0.29) is 12.1 Å². The molecule has 1 fully saturated rings. The average molecular weight is 389 g/mol. The molecule has 2 heterocycles. The number of likely N-dealkylation sites (tertiary alicyclic amines) is 1. The topological polar surface area (TPSA) is 51.7 Å². The summed E-state index contributed by atoms with van der Waals surface area (Å²) in [6.45, 7) is 6.71. The first-order valence-corrected chi connectivity index (χ1v) is 9.55.